The van der Waals surface area contributed by atoms with Crippen LogP contribution in [0.4, 0.5) is 23.7 Å². The summed E-state index contributed by atoms with van der Waals surface area (Å²) in [6, 6.07) is 8.53. The van der Waals surface area contributed by atoms with E-state index >= 15 is 0 Å². The molecular formula is C26H23F3N6O6. The first kappa shape index (κ1) is 28.7. The van der Waals surface area contributed by atoms with E-state index in [4.69, 9.17) is 4.74 Å². The first-order valence-corrected chi connectivity index (χ1v) is 12.0. The van der Waals surface area contributed by atoms with Crippen molar-refractivity contribution in [2.75, 3.05) is 17.3 Å². The molecule has 0 unspecified atom stereocenters. The molecule has 0 radical (unpaired) electrons. The fraction of sp³-hybridized carbons (Fsp3) is 0.192. The van der Waals surface area contributed by atoms with E-state index in [0.717, 1.165) is 17.6 Å². The van der Waals surface area contributed by atoms with E-state index < -0.39 is 46.5 Å². The molecule has 0 atom stereocenters. The van der Waals surface area contributed by atoms with Gasteiger partial charge in [0.05, 0.1) is 34.5 Å². The predicted molar refractivity (Wildman–Crippen MR) is 141 cm³/mol. The molecule has 0 aliphatic heterocycles. The van der Waals surface area contributed by atoms with Crippen LogP contribution >= 0.6 is 0 Å². The fourth-order valence-electron chi connectivity index (χ4n) is 3.92. The molecule has 12 nitrogen and oxygen atoms in total. The van der Waals surface area contributed by atoms with Crippen LogP contribution in [0.3, 0.4) is 0 Å². The van der Waals surface area contributed by atoms with Gasteiger partial charge in [0.2, 0.25) is 5.91 Å². The lowest BCUT2D eigenvalue weighted by Gasteiger charge is -2.17. The first-order valence-electron chi connectivity index (χ1n) is 12.0. The fourth-order valence-corrected chi connectivity index (χ4v) is 3.92. The average Bonchev–Trinajstić information content (AvgIpc) is 3.38. The molecular weight excluding hydrogens is 549 g/mol. The van der Waals surface area contributed by atoms with Gasteiger partial charge in [-0.3, -0.25) is 19.8 Å². The molecule has 3 amide bonds. The van der Waals surface area contributed by atoms with Crippen LogP contribution in [0.15, 0.2) is 64.4 Å². The van der Waals surface area contributed by atoms with Crippen molar-refractivity contribution in [1.29, 1.82) is 0 Å². The molecule has 0 aliphatic rings. The molecule has 4 aromatic rings. The number of rotatable bonds is 7. The number of H-pyrrole nitrogens is 1. The van der Waals surface area contributed by atoms with Gasteiger partial charge in [-0.25, -0.2) is 14.3 Å². The zero-order valence-electron chi connectivity index (χ0n) is 21.6. The molecule has 2 aromatic heterocycles. The molecule has 0 fully saturated rings. The van der Waals surface area contributed by atoms with Gasteiger partial charge in [0.15, 0.2) is 0 Å². The number of nitrogens with one attached hydrogen (secondary N) is 4. The number of esters is 1. The van der Waals surface area contributed by atoms with E-state index in [2.05, 4.69) is 21.0 Å². The number of hydrogen-bond donors (Lipinski definition) is 4. The molecule has 41 heavy (non-hydrogen) atoms. The monoisotopic (exact) mass is 572 g/mol. The van der Waals surface area contributed by atoms with Gasteiger partial charge in [-0.05, 0) is 55.0 Å². The first-order chi connectivity index (χ1) is 19.4. The van der Waals surface area contributed by atoms with Crippen molar-refractivity contribution in [3.05, 3.63) is 92.3 Å². The van der Waals surface area contributed by atoms with Crippen molar-refractivity contribution in [3.63, 3.8) is 0 Å². The lowest BCUT2D eigenvalue weighted by molar-refractivity contribution is -0.137. The Bertz CT molecular complexity index is 1750. The maximum absolute atomic E-state index is 14.0. The van der Waals surface area contributed by atoms with Crippen LogP contribution in [-0.2, 0) is 22.3 Å². The highest BCUT2D eigenvalue weighted by atomic mass is 19.4. The van der Waals surface area contributed by atoms with Gasteiger partial charge in [0, 0.05) is 31.5 Å². The highest BCUT2D eigenvalue weighted by Gasteiger charge is 2.35. The Morgan fingerprint density at radius 3 is 2.39 bits per heavy atom. The summed E-state index contributed by atoms with van der Waals surface area (Å²) in [7, 11) is 0. The second-order valence-electron chi connectivity index (χ2n) is 8.68. The standard InChI is InChI=1S/C26H23F3N6O6/c1-3-41-24(39)16-4-6-17(7-5-16)31-25(40)30-12-15-8-9-34(13-15)20-11-21-19(10-18(20)26(27,28)29)32-22(37)23(38)35(21)33-14(2)36/h4-11,13H,3,12H2,1-2H3,(H,32,37)(H,33,36)(H2,30,31,40). The Hall–Kier alpha value is -5.34. The third-order valence-electron chi connectivity index (χ3n) is 5.71. The number of ether oxygens (including phenoxy) is 1. The number of hydrogen-bond acceptors (Lipinski definition) is 6. The lowest BCUT2D eigenvalue weighted by atomic mass is 10.1. The van der Waals surface area contributed by atoms with Crippen LogP contribution in [0.2, 0.25) is 0 Å². The summed E-state index contributed by atoms with van der Waals surface area (Å²) in [6.07, 6.45) is -2.18. The molecule has 0 saturated heterocycles. The number of urea groups is 1. The SMILES string of the molecule is CCOC(=O)c1ccc(NC(=O)NCc2ccn(-c3cc4c(cc3C(F)(F)F)[nH]c(=O)c(=O)n4NC(C)=O)c2)cc1. The number of benzene rings is 2. The molecule has 0 aliphatic carbocycles. The Balaban J connectivity index is 1.57. The van der Waals surface area contributed by atoms with Gasteiger partial charge in [0.1, 0.15) is 0 Å². The number of anilines is 1. The molecule has 0 spiro atoms. The highest BCUT2D eigenvalue weighted by molar-refractivity contribution is 5.92. The van der Waals surface area contributed by atoms with Gasteiger partial charge >= 0.3 is 29.3 Å². The summed E-state index contributed by atoms with van der Waals surface area (Å²) in [5.74, 6) is -1.22. The van der Waals surface area contributed by atoms with E-state index in [1.54, 1.807) is 6.92 Å². The smallest absolute Gasteiger partial charge is 0.418 e. The molecule has 4 N–H and O–H groups in total. The largest absolute Gasteiger partial charge is 0.462 e. The summed E-state index contributed by atoms with van der Waals surface area (Å²) in [5, 5.41) is 5.15. The van der Waals surface area contributed by atoms with Crippen molar-refractivity contribution in [3.8, 4) is 5.69 Å². The minimum absolute atomic E-state index is 0.0569. The Labute approximate surface area is 228 Å². The van der Waals surface area contributed by atoms with Crippen LogP contribution in [0, 0.1) is 0 Å². The van der Waals surface area contributed by atoms with Gasteiger partial charge in [-0.1, -0.05) is 0 Å². The van der Waals surface area contributed by atoms with Crippen molar-refractivity contribution in [2.24, 2.45) is 0 Å². The van der Waals surface area contributed by atoms with Crippen molar-refractivity contribution >= 4 is 34.6 Å². The van der Waals surface area contributed by atoms with E-state index in [-0.39, 0.29) is 24.2 Å². The highest BCUT2D eigenvalue weighted by Crippen LogP contribution is 2.36. The zero-order chi connectivity index (χ0) is 29.9. The van der Waals surface area contributed by atoms with Crippen LogP contribution in [0.1, 0.15) is 35.3 Å². The van der Waals surface area contributed by atoms with E-state index in [1.165, 1.54) is 42.7 Å². The van der Waals surface area contributed by atoms with Crippen molar-refractivity contribution in [1.82, 2.24) is 19.5 Å². The third-order valence-corrected chi connectivity index (χ3v) is 5.71. The van der Waals surface area contributed by atoms with Crippen molar-refractivity contribution in [2.45, 2.75) is 26.6 Å². The minimum Gasteiger partial charge on any atom is -0.462 e. The number of aromatic amines is 1. The molecule has 0 bridgehead atoms. The predicted octanol–water partition coefficient (Wildman–Crippen LogP) is 3.09. The minimum atomic E-state index is -4.85. The number of nitrogens with zero attached hydrogens (tertiary/aromatic N) is 2. The summed E-state index contributed by atoms with van der Waals surface area (Å²) in [6.45, 7) is 2.92. The number of carbonyl (C=O) groups excluding carboxylic acids is 3. The molecule has 214 valence electrons. The Kier molecular flexibility index (Phi) is 7.98. The lowest BCUT2D eigenvalue weighted by Crippen LogP contribution is -2.42. The molecule has 4 rings (SSSR count). The number of alkyl halides is 3. The average molecular weight is 573 g/mol. The van der Waals surface area contributed by atoms with Crippen molar-refractivity contribution < 1.29 is 32.3 Å². The van der Waals surface area contributed by atoms with E-state index in [0.29, 0.717) is 27.6 Å². The quantitative estimate of drug-likeness (QED) is 0.197. The molecule has 2 aromatic carbocycles. The van der Waals surface area contributed by atoms with Crippen LogP contribution < -0.4 is 27.2 Å². The summed E-state index contributed by atoms with van der Waals surface area (Å²) in [4.78, 5) is 62.1. The zero-order valence-corrected chi connectivity index (χ0v) is 21.6. The van der Waals surface area contributed by atoms with Gasteiger partial charge in [0.25, 0.3) is 0 Å². The Morgan fingerprint density at radius 1 is 1.05 bits per heavy atom. The maximum atomic E-state index is 14.0. The number of fused-ring (bicyclic) bond motifs is 1. The van der Waals surface area contributed by atoms with E-state index in [9.17, 15) is 37.1 Å². The van der Waals surface area contributed by atoms with Crippen LogP contribution in [0.25, 0.3) is 16.7 Å². The molecule has 2 heterocycles. The van der Waals surface area contributed by atoms with Crippen LogP contribution in [0.5, 0.6) is 0 Å². The van der Waals surface area contributed by atoms with Gasteiger partial charge < -0.3 is 24.9 Å². The van der Waals surface area contributed by atoms with Gasteiger partial charge in [-0.15, -0.1) is 0 Å². The summed E-state index contributed by atoms with van der Waals surface area (Å²) < 4.78 is 48.6. The Morgan fingerprint density at radius 2 is 1.76 bits per heavy atom. The second kappa shape index (κ2) is 11.4. The summed E-state index contributed by atoms with van der Waals surface area (Å²) in [5.41, 5.74) is -1.12. The number of aromatic nitrogens is 3. The molecule has 0 saturated carbocycles. The number of carbonyl (C=O) groups is 3. The number of halogens is 3. The van der Waals surface area contributed by atoms with Gasteiger partial charge in [-0.2, -0.15) is 13.2 Å². The second-order valence-corrected chi connectivity index (χ2v) is 8.68. The third kappa shape index (κ3) is 6.46. The van der Waals surface area contributed by atoms with E-state index in [1.807, 2.05) is 0 Å². The van der Waals surface area contributed by atoms with Crippen LogP contribution in [-0.4, -0.2) is 38.7 Å². The maximum Gasteiger partial charge on any atom is 0.418 e. The number of amides is 3. The summed E-state index contributed by atoms with van der Waals surface area (Å²) >= 11 is 0. The topological polar surface area (TPSA) is 156 Å². The molecule has 15 heteroatoms. The normalized spacial score (nSPS) is 11.2.